The second-order valence-electron chi connectivity index (χ2n) is 7.07. The van der Waals surface area contributed by atoms with Crippen LogP contribution in [0.3, 0.4) is 0 Å². The zero-order valence-corrected chi connectivity index (χ0v) is 17.5. The van der Waals surface area contributed by atoms with Crippen molar-refractivity contribution in [2.45, 2.75) is 11.4 Å². The van der Waals surface area contributed by atoms with Crippen molar-refractivity contribution in [3.8, 4) is 11.1 Å². The molecule has 4 rings (SSSR count). The van der Waals surface area contributed by atoms with Gasteiger partial charge in [-0.05, 0) is 59.2 Å². The summed E-state index contributed by atoms with van der Waals surface area (Å²) in [6.45, 7) is 3.16. The van der Waals surface area contributed by atoms with Crippen LogP contribution in [0.4, 0.5) is 0 Å². The zero-order chi connectivity index (χ0) is 20.3. The van der Waals surface area contributed by atoms with Crippen LogP contribution in [0.25, 0.3) is 11.1 Å². The lowest BCUT2D eigenvalue weighted by molar-refractivity contribution is 0.181. The molecule has 3 aromatic rings. The first-order valence-corrected chi connectivity index (χ1v) is 11.3. The van der Waals surface area contributed by atoms with Crippen molar-refractivity contribution >= 4 is 21.6 Å². The third-order valence-electron chi connectivity index (χ3n) is 5.13. The lowest BCUT2D eigenvalue weighted by Gasteiger charge is -2.34. The third kappa shape index (κ3) is 4.67. The van der Waals surface area contributed by atoms with E-state index in [1.807, 2.05) is 12.1 Å². The van der Waals surface area contributed by atoms with E-state index in [9.17, 15) is 8.42 Å². The molecule has 0 saturated carbocycles. The number of piperazine rings is 1. The fourth-order valence-electron chi connectivity index (χ4n) is 3.54. The second kappa shape index (κ2) is 8.63. The highest BCUT2D eigenvalue weighted by atomic mass is 35.5. The number of nitrogens with zero attached hydrogens (tertiary/aromatic N) is 3. The maximum absolute atomic E-state index is 12.8. The zero-order valence-electron chi connectivity index (χ0n) is 15.9. The maximum Gasteiger partial charge on any atom is 0.243 e. The van der Waals surface area contributed by atoms with Crippen molar-refractivity contribution in [2.75, 3.05) is 26.2 Å². The highest BCUT2D eigenvalue weighted by Gasteiger charge is 2.28. The van der Waals surface area contributed by atoms with E-state index in [0.717, 1.165) is 17.7 Å². The average Bonchev–Trinajstić information content (AvgIpc) is 2.75. The summed E-state index contributed by atoms with van der Waals surface area (Å²) < 4.78 is 27.2. The van der Waals surface area contributed by atoms with Crippen molar-refractivity contribution in [1.82, 2.24) is 14.2 Å². The summed E-state index contributed by atoms with van der Waals surface area (Å²) in [5.74, 6) is 0. The quantitative estimate of drug-likeness (QED) is 0.619. The Hall–Kier alpha value is -2.25. The minimum absolute atomic E-state index is 0.292. The van der Waals surface area contributed by atoms with Gasteiger partial charge in [-0.15, -0.1) is 0 Å². The average molecular weight is 428 g/mol. The van der Waals surface area contributed by atoms with Gasteiger partial charge in [0.15, 0.2) is 0 Å². The van der Waals surface area contributed by atoms with Gasteiger partial charge in [-0.3, -0.25) is 9.88 Å². The minimum atomic E-state index is -3.48. The van der Waals surface area contributed by atoms with Crippen LogP contribution >= 0.6 is 11.6 Å². The number of pyridine rings is 1. The number of halogens is 1. The van der Waals surface area contributed by atoms with Gasteiger partial charge in [0.1, 0.15) is 0 Å². The molecule has 0 atom stereocenters. The first kappa shape index (κ1) is 20.0. The molecule has 1 saturated heterocycles. The molecule has 0 N–H and O–H groups in total. The largest absolute Gasteiger partial charge is 0.296 e. The summed E-state index contributed by atoms with van der Waals surface area (Å²) in [5.41, 5.74) is 3.52. The first-order chi connectivity index (χ1) is 14.0. The molecule has 0 amide bonds. The number of benzene rings is 2. The molecule has 29 heavy (non-hydrogen) atoms. The van der Waals surface area contributed by atoms with Gasteiger partial charge in [0.05, 0.1) is 4.90 Å². The Kier molecular flexibility index (Phi) is 5.96. The number of sulfonamides is 1. The highest BCUT2D eigenvalue weighted by Crippen LogP contribution is 2.22. The van der Waals surface area contributed by atoms with Crippen molar-refractivity contribution in [2.24, 2.45) is 0 Å². The Morgan fingerprint density at radius 2 is 1.55 bits per heavy atom. The van der Waals surface area contributed by atoms with Crippen molar-refractivity contribution in [3.05, 3.63) is 83.6 Å². The topological polar surface area (TPSA) is 53.5 Å². The number of hydrogen-bond acceptors (Lipinski definition) is 4. The van der Waals surface area contributed by atoms with Crippen LogP contribution in [0.2, 0.25) is 5.02 Å². The fraction of sp³-hybridized carbons (Fsp3) is 0.227. The van der Waals surface area contributed by atoms with E-state index < -0.39 is 10.0 Å². The van der Waals surface area contributed by atoms with E-state index in [2.05, 4.69) is 34.1 Å². The minimum Gasteiger partial charge on any atom is -0.296 e. The molecule has 0 radical (unpaired) electrons. The number of hydrogen-bond donors (Lipinski definition) is 0. The second-order valence-corrected chi connectivity index (χ2v) is 9.44. The normalized spacial score (nSPS) is 16.0. The first-order valence-electron chi connectivity index (χ1n) is 9.50. The fourth-order valence-corrected chi connectivity index (χ4v) is 5.08. The molecule has 1 fully saturated rings. The van der Waals surface area contributed by atoms with Crippen LogP contribution in [0.5, 0.6) is 0 Å². The molecule has 0 aliphatic carbocycles. The Balaban J connectivity index is 1.40. The van der Waals surface area contributed by atoms with E-state index in [4.69, 9.17) is 11.6 Å². The van der Waals surface area contributed by atoms with Crippen LogP contribution in [0.1, 0.15) is 5.56 Å². The lowest BCUT2D eigenvalue weighted by atomic mass is 10.0. The monoisotopic (exact) mass is 427 g/mol. The van der Waals surface area contributed by atoms with Crippen LogP contribution in [-0.4, -0.2) is 48.8 Å². The Bertz CT molecular complexity index is 1060. The van der Waals surface area contributed by atoms with E-state index in [-0.39, 0.29) is 0 Å². The molecule has 7 heteroatoms. The van der Waals surface area contributed by atoms with Gasteiger partial charge in [0.2, 0.25) is 10.0 Å². The molecule has 2 heterocycles. The Labute approximate surface area is 176 Å². The summed E-state index contributed by atoms with van der Waals surface area (Å²) in [6.07, 6.45) is 3.59. The van der Waals surface area contributed by atoms with E-state index >= 15 is 0 Å². The van der Waals surface area contributed by atoms with Crippen molar-refractivity contribution < 1.29 is 8.42 Å². The van der Waals surface area contributed by atoms with Gasteiger partial charge < -0.3 is 0 Å². The summed E-state index contributed by atoms with van der Waals surface area (Å²) in [4.78, 5) is 6.65. The highest BCUT2D eigenvalue weighted by molar-refractivity contribution is 7.89. The number of rotatable bonds is 5. The van der Waals surface area contributed by atoms with Gasteiger partial charge >= 0.3 is 0 Å². The molecule has 2 aromatic carbocycles. The van der Waals surface area contributed by atoms with Gasteiger partial charge in [-0.25, -0.2) is 8.42 Å². The molecule has 0 unspecified atom stereocenters. The molecule has 5 nitrogen and oxygen atoms in total. The summed E-state index contributed by atoms with van der Waals surface area (Å²) in [6, 6.07) is 18.8. The van der Waals surface area contributed by atoms with E-state index in [1.54, 1.807) is 41.0 Å². The van der Waals surface area contributed by atoms with Crippen LogP contribution in [0, 0.1) is 0 Å². The third-order valence-corrected chi connectivity index (χ3v) is 7.29. The summed E-state index contributed by atoms with van der Waals surface area (Å²) in [7, 11) is -3.48. The molecule has 1 aliphatic rings. The molecule has 150 valence electrons. The van der Waals surface area contributed by atoms with Gasteiger partial charge in [0.25, 0.3) is 0 Å². The Morgan fingerprint density at radius 3 is 2.24 bits per heavy atom. The summed E-state index contributed by atoms with van der Waals surface area (Å²) >= 11 is 5.88. The Morgan fingerprint density at radius 1 is 0.862 bits per heavy atom. The molecule has 0 bridgehead atoms. The lowest BCUT2D eigenvalue weighted by Crippen LogP contribution is -2.48. The summed E-state index contributed by atoms with van der Waals surface area (Å²) in [5, 5.41) is 0.530. The van der Waals surface area contributed by atoms with Crippen LogP contribution in [-0.2, 0) is 16.6 Å². The molecular weight excluding hydrogens is 406 g/mol. The molecule has 0 spiro atoms. The van der Waals surface area contributed by atoms with Crippen LogP contribution in [0.15, 0.2) is 78.0 Å². The SMILES string of the molecule is O=S(=O)(c1ccc(Cl)cc1)N1CCN(Cc2cccc(-c3ccncc3)c2)CC1. The van der Waals surface area contributed by atoms with E-state index in [1.165, 1.54) is 5.56 Å². The van der Waals surface area contributed by atoms with Gasteiger partial charge in [-0.2, -0.15) is 4.31 Å². The molecular formula is C22H22ClN3O2S. The van der Waals surface area contributed by atoms with E-state index in [0.29, 0.717) is 36.1 Å². The van der Waals surface area contributed by atoms with Crippen LogP contribution < -0.4 is 0 Å². The predicted octanol–water partition coefficient (Wildman–Crippen LogP) is 3.91. The molecule has 1 aliphatic heterocycles. The standard InChI is InChI=1S/C22H22ClN3O2S/c23-21-4-6-22(7-5-21)29(27,28)26-14-12-25(13-15-26)17-18-2-1-3-20(16-18)19-8-10-24-11-9-19/h1-11,16H,12-15,17H2. The maximum atomic E-state index is 12.8. The van der Waals surface area contributed by atoms with Gasteiger partial charge in [-0.1, -0.05) is 29.8 Å². The predicted molar refractivity (Wildman–Crippen MR) is 115 cm³/mol. The number of aromatic nitrogens is 1. The smallest absolute Gasteiger partial charge is 0.243 e. The van der Waals surface area contributed by atoms with Crippen molar-refractivity contribution in [1.29, 1.82) is 0 Å². The van der Waals surface area contributed by atoms with Crippen molar-refractivity contribution in [3.63, 3.8) is 0 Å². The molecule has 1 aromatic heterocycles. The van der Waals surface area contributed by atoms with Gasteiger partial charge in [0, 0.05) is 50.1 Å².